The third-order valence-electron chi connectivity index (χ3n) is 3.94. The van der Waals surface area contributed by atoms with Crippen molar-refractivity contribution < 1.29 is 0 Å². The summed E-state index contributed by atoms with van der Waals surface area (Å²) in [5.74, 6) is 0.801. The van der Waals surface area contributed by atoms with Gasteiger partial charge in [0, 0.05) is 37.1 Å². The minimum Gasteiger partial charge on any atom is -0.313 e. The van der Waals surface area contributed by atoms with Crippen LogP contribution in [0.15, 0.2) is 4.79 Å². The van der Waals surface area contributed by atoms with Crippen molar-refractivity contribution >= 4 is 0 Å². The Bertz CT molecular complexity index is 498. The summed E-state index contributed by atoms with van der Waals surface area (Å²) in [6.07, 6.45) is 2.98. The highest BCUT2D eigenvalue weighted by Gasteiger charge is 2.37. The minimum absolute atomic E-state index is 0.149. The van der Waals surface area contributed by atoms with Gasteiger partial charge in [0.2, 0.25) is 0 Å². The van der Waals surface area contributed by atoms with Gasteiger partial charge in [-0.25, -0.2) is 9.89 Å². The van der Waals surface area contributed by atoms with Crippen molar-refractivity contribution in [2.24, 2.45) is 7.05 Å². The van der Waals surface area contributed by atoms with Gasteiger partial charge in [-0.2, -0.15) is 5.10 Å². The molecule has 0 aliphatic carbocycles. The molecule has 0 spiro atoms. The average Bonchev–Trinajstić information content (AvgIpc) is 2.56. The number of piperidine rings is 1. The van der Waals surface area contributed by atoms with Crippen LogP contribution < -0.4 is 16.3 Å². The van der Waals surface area contributed by atoms with E-state index in [1.165, 1.54) is 0 Å². The van der Waals surface area contributed by atoms with E-state index in [-0.39, 0.29) is 16.8 Å². The van der Waals surface area contributed by atoms with Crippen LogP contribution >= 0.6 is 0 Å². The van der Waals surface area contributed by atoms with Crippen LogP contribution in [-0.4, -0.2) is 38.4 Å². The molecule has 0 unspecified atom stereocenters. The fourth-order valence-electron chi connectivity index (χ4n) is 3.46. The molecule has 6 heteroatoms. The second kappa shape index (κ2) is 5.33. The second-order valence-electron chi connectivity index (χ2n) is 7.21. The van der Waals surface area contributed by atoms with Crippen molar-refractivity contribution in [2.75, 3.05) is 6.54 Å². The van der Waals surface area contributed by atoms with Crippen LogP contribution in [0.25, 0.3) is 0 Å². The Morgan fingerprint density at radius 3 is 2.40 bits per heavy atom. The zero-order valence-corrected chi connectivity index (χ0v) is 13.2. The molecule has 0 atom stereocenters. The highest BCUT2D eigenvalue weighted by Crippen LogP contribution is 2.28. The van der Waals surface area contributed by atoms with Gasteiger partial charge in [-0.15, -0.1) is 0 Å². The number of nitrogens with zero attached hydrogens (tertiary/aromatic N) is 2. The molecular formula is C14H27N5O. The molecule has 1 aliphatic heterocycles. The van der Waals surface area contributed by atoms with Crippen LogP contribution in [0.3, 0.4) is 0 Å². The molecule has 114 valence electrons. The lowest BCUT2D eigenvalue weighted by Gasteiger charge is -2.46. The fourth-order valence-corrected chi connectivity index (χ4v) is 3.46. The summed E-state index contributed by atoms with van der Waals surface area (Å²) in [6, 6.07) is 0.497. The molecule has 0 radical (unpaired) electrons. The lowest BCUT2D eigenvalue weighted by molar-refractivity contribution is 0.146. The van der Waals surface area contributed by atoms with Gasteiger partial charge in [-0.3, -0.25) is 4.57 Å². The Hall–Kier alpha value is -1.14. The highest BCUT2D eigenvalue weighted by molar-refractivity contribution is 4.99. The van der Waals surface area contributed by atoms with Crippen molar-refractivity contribution in [1.82, 2.24) is 25.4 Å². The fraction of sp³-hybridized carbons (Fsp3) is 0.857. The molecule has 1 aliphatic rings. The predicted octanol–water partition coefficient (Wildman–Crippen LogP) is 0.550. The Morgan fingerprint density at radius 2 is 1.90 bits per heavy atom. The SMILES string of the molecule is Cn1c(CCNC2CC(C)(C)NC(C)(C)C2)n[nH]c1=O. The van der Waals surface area contributed by atoms with Crippen molar-refractivity contribution in [1.29, 1.82) is 0 Å². The van der Waals surface area contributed by atoms with Crippen LogP contribution in [0.5, 0.6) is 0 Å². The molecule has 1 saturated heterocycles. The van der Waals surface area contributed by atoms with E-state index in [0.29, 0.717) is 6.04 Å². The molecule has 0 amide bonds. The number of H-pyrrole nitrogens is 1. The molecule has 20 heavy (non-hydrogen) atoms. The van der Waals surface area contributed by atoms with Gasteiger partial charge in [-0.05, 0) is 40.5 Å². The summed E-state index contributed by atoms with van der Waals surface area (Å²) in [5.41, 5.74) is 0.154. The lowest BCUT2D eigenvalue weighted by Crippen LogP contribution is -2.61. The van der Waals surface area contributed by atoms with Crippen molar-refractivity contribution in [2.45, 2.75) is 64.1 Å². The van der Waals surface area contributed by atoms with Crippen LogP contribution in [0.2, 0.25) is 0 Å². The zero-order chi connectivity index (χ0) is 15.0. The maximum atomic E-state index is 11.3. The van der Waals surface area contributed by atoms with E-state index in [1.54, 1.807) is 11.6 Å². The van der Waals surface area contributed by atoms with Crippen molar-refractivity contribution in [3.05, 3.63) is 16.3 Å². The minimum atomic E-state index is -0.149. The van der Waals surface area contributed by atoms with Crippen molar-refractivity contribution in [3.8, 4) is 0 Å². The third kappa shape index (κ3) is 3.70. The maximum absolute atomic E-state index is 11.3. The average molecular weight is 281 g/mol. The second-order valence-corrected chi connectivity index (χ2v) is 7.21. The van der Waals surface area contributed by atoms with Gasteiger partial charge in [0.05, 0.1) is 0 Å². The monoisotopic (exact) mass is 281 g/mol. The first kappa shape index (κ1) is 15.3. The summed E-state index contributed by atoms with van der Waals surface area (Å²) in [4.78, 5) is 11.3. The van der Waals surface area contributed by atoms with Crippen LogP contribution in [0.1, 0.15) is 46.4 Å². The maximum Gasteiger partial charge on any atom is 0.343 e. The summed E-state index contributed by atoms with van der Waals surface area (Å²) in [7, 11) is 1.75. The van der Waals surface area contributed by atoms with Crippen molar-refractivity contribution in [3.63, 3.8) is 0 Å². The first-order chi connectivity index (χ1) is 9.19. The first-order valence-corrected chi connectivity index (χ1v) is 7.32. The molecular weight excluding hydrogens is 254 g/mol. The zero-order valence-electron chi connectivity index (χ0n) is 13.2. The molecule has 1 aromatic heterocycles. The van der Waals surface area contributed by atoms with Gasteiger partial charge >= 0.3 is 5.69 Å². The Morgan fingerprint density at radius 1 is 1.30 bits per heavy atom. The number of nitrogens with one attached hydrogen (secondary N) is 3. The van der Waals surface area contributed by atoms with E-state index in [4.69, 9.17) is 0 Å². The summed E-state index contributed by atoms with van der Waals surface area (Å²) in [6.45, 7) is 9.84. The van der Waals surface area contributed by atoms with Gasteiger partial charge in [0.25, 0.3) is 0 Å². The van der Waals surface area contributed by atoms with E-state index in [0.717, 1.165) is 31.6 Å². The Balaban J connectivity index is 1.88. The molecule has 2 rings (SSSR count). The molecule has 0 bridgehead atoms. The number of hydrogen-bond donors (Lipinski definition) is 3. The number of rotatable bonds is 4. The summed E-state index contributed by atoms with van der Waals surface area (Å²) >= 11 is 0. The highest BCUT2D eigenvalue weighted by atomic mass is 16.1. The number of aromatic amines is 1. The van der Waals surface area contributed by atoms with Gasteiger partial charge < -0.3 is 10.6 Å². The predicted molar refractivity (Wildman–Crippen MR) is 79.9 cm³/mol. The van der Waals surface area contributed by atoms with Gasteiger partial charge in [-0.1, -0.05) is 0 Å². The summed E-state index contributed by atoms with van der Waals surface area (Å²) < 4.78 is 1.57. The van der Waals surface area contributed by atoms with E-state index < -0.39 is 0 Å². The number of aromatic nitrogens is 3. The largest absolute Gasteiger partial charge is 0.343 e. The summed E-state index contributed by atoms with van der Waals surface area (Å²) in [5, 5.41) is 13.8. The molecule has 1 aromatic rings. The Labute approximate surface area is 120 Å². The van der Waals surface area contributed by atoms with E-state index >= 15 is 0 Å². The van der Waals surface area contributed by atoms with Crippen LogP contribution in [-0.2, 0) is 13.5 Å². The van der Waals surface area contributed by atoms with Crippen LogP contribution in [0.4, 0.5) is 0 Å². The van der Waals surface area contributed by atoms with Gasteiger partial charge in [0.15, 0.2) is 0 Å². The third-order valence-corrected chi connectivity index (χ3v) is 3.94. The van der Waals surface area contributed by atoms with E-state index in [2.05, 4.69) is 48.5 Å². The van der Waals surface area contributed by atoms with E-state index in [9.17, 15) is 4.79 Å². The topological polar surface area (TPSA) is 74.7 Å². The Kier molecular flexibility index (Phi) is 4.07. The standard InChI is InChI=1S/C14H27N5O/c1-13(2)8-10(9-14(3,4)18-13)15-7-6-11-16-17-12(20)19(11)5/h10,15,18H,6-9H2,1-5H3,(H,17,20). The van der Waals surface area contributed by atoms with E-state index in [1.807, 2.05) is 0 Å². The first-order valence-electron chi connectivity index (χ1n) is 7.32. The van der Waals surface area contributed by atoms with Crippen LogP contribution in [0, 0.1) is 0 Å². The molecule has 0 aromatic carbocycles. The molecule has 6 nitrogen and oxygen atoms in total. The number of hydrogen-bond acceptors (Lipinski definition) is 4. The molecule has 2 heterocycles. The smallest absolute Gasteiger partial charge is 0.313 e. The molecule has 0 saturated carbocycles. The molecule has 1 fully saturated rings. The molecule has 3 N–H and O–H groups in total. The van der Waals surface area contributed by atoms with Gasteiger partial charge in [0.1, 0.15) is 5.82 Å². The quantitative estimate of drug-likeness (QED) is 0.753. The normalized spacial score (nSPS) is 22.1. The lowest BCUT2D eigenvalue weighted by atomic mass is 9.79.